The lowest BCUT2D eigenvalue weighted by Crippen LogP contribution is -2.33. The van der Waals surface area contributed by atoms with Crippen LogP contribution in [0.5, 0.6) is 5.75 Å². The normalized spacial score (nSPS) is 10.4. The third-order valence-corrected chi connectivity index (χ3v) is 5.56. The molecule has 32 heavy (non-hydrogen) atoms. The molecule has 1 amide bonds. The zero-order chi connectivity index (χ0) is 22.8. The maximum Gasteiger partial charge on any atom is 0.237 e. The maximum absolute atomic E-state index is 12.9. The van der Waals surface area contributed by atoms with Crippen molar-refractivity contribution in [2.24, 2.45) is 0 Å². The molecular weight excluding hydrogens is 422 g/mol. The first kappa shape index (κ1) is 23.1. The zero-order valence-electron chi connectivity index (χ0n) is 18.0. The zero-order valence-corrected chi connectivity index (χ0v) is 18.8. The van der Waals surface area contributed by atoms with E-state index in [0.29, 0.717) is 24.1 Å². The molecule has 0 aliphatic heterocycles. The Bertz CT molecular complexity index is 1090. The Morgan fingerprint density at radius 3 is 2.78 bits per heavy atom. The van der Waals surface area contributed by atoms with E-state index in [1.807, 2.05) is 66.1 Å². The van der Waals surface area contributed by atoms with E-state index in [9.17, 15) is 4.79 Å². The Kier molecular flexibility index (Phi) is 8.46. The van der Waals surface area contributed by atoms with E-state index in [0.717, 1.165) is 17.0 Å². The summed E-state index contributed by atoms with van der Waals surface area (Å²) in [6.07, 6.45) is 2.02. The number of benzene rings is 2. The highest BCUT2D eigenvalue weighted by Gasteiger charge is 2.19. The Hall–Kier alpha value is -3.57. The summed E-state index contributed by atoms with van der Waals surface area (Å²) in [4.78, 5) is 14.6. The summed E-state index contributed by atoms with van der Waals surface area (Å²) in [6.45, 7) is 6.93. The minimum Gasteiger partial charge on any atom is -0.486 e. The lowest BCUT2D eigenvalue weighted by molar-refractivity contribution is -0.116. The minimum absolute atomic E-state index is 0.0952. The first-order valence-electron chi connectivity index (χ1n) is 10.2. The van der Waals surface area contributed by atoms with Gasteiger partial charge in [0.2, 0.25) is 5.91 Å². The fourth-order valence-corrected chi connectivity index (χ4v) is 3.91. The SMILES string of the molecule is C=CCn1c(COc2cccc(C)c2)nnc1SCC(=O)N(CCC#N)c1ccccc1. The number of hydrogen-bond donors (Lipinski definition) is 0. The first-order chi connectivity index (χ1) is 15.6. The van der Waals surface area contributed by atoms with Gasteiger partial charge in [-0.05, 0) is 36.8 Å². The van der Waals surface area contributed by atoms with Crippen molar-refractivity contribution in [1.29, 1.82) is 5.26 Å². The molecule has 7 nitrogen and oxygen atoms in total. The number of carbonyl (C=O) groups excluding carboxylic acids is 1. The quantitative estimate of drug-likeness (QED) is 0.320. The molecule has 0 bridgehead atoms. The number of nitriles is 1. The molecule has 3 rings (SSSR count). The van der Waals surface area contributed by atoms with Gasteiger partial charge in [0, 0.05) is 18.8 Å². The number of rotatable bonds is 11. The van der Waals surface area contributed by atoms with Crippen LogP contribution < -0.4 is 9.64 Å². The second-order valence-corrected chi connectivity index (χ2v) is 7.92. The van der Waals surface area contributed by atoms with Gasteiger partial charge in [0.1, 0.15) is 12.4 Å². The van der Waals surface area contributed by atoms with Gasteiger partial charge < -0.3 is 9.64 Å². The Morgan fingerprint density at radius 2 is 2.06 bits per heavy atom. The Morgan fingerprint density at radius 1 is 1.25 bits per heavy atom. The van der Waals surface area contributed by atoms with E-state index >= 15 is 0 Å². The molecule has 0 spiro atoms. The van der Waals surface area contributed by atoms with Crippen LogP contribution in [0, 0.1) is 18.3 Å². The van der Waals surface area contributed by atoms with Gasteiger partial charge in [-0.25, -0.2) is 0 Å². The number of para-hydroxylation sites is 1. The summed E-state index contributed by atoms with van der Waals surface area (Å²) in [5.41, 5.74) is 1.89. The van der Waals surface area contributed by atoms with E-state index < -0.39 is 0 Å². The number of thioether (sulfide) groups is 1. The molecule has 0 unspecified atom stereocenters. The predicted molar refractivity (Wildman–Crippen MR) is 125 cm³/mol. The van der Waals surface area contributed by atoms with Gasteiger partial charge in [-0.1, -0.05) is 48.2 Å². The average Bonchev–Trinajstić information content (AvgIpc) is 3.19. The molecule has 0 radical (unpaired) electrons. The lowest BCUT2D eigenvalue weighted by atomic mass is 10.2. The van der Waals surface area contributed by atoms with Crippen molar-refractivity contribution in [1.82, 2.24) is 14.8 Å². The van der Waals surface area contributed by atoms with Crippen LogP contribution in [0.1, 0.15) is 17.8 Å². The summed E-state index contributed by atoms with van der Waals surface area (Å²) in [5.74, 6) is 1.50. The van der Waals surface area contributed by atoms with Crippen LogP contribution in [0.2, 0.25) is 0 Å². The number of nitrogens with zero attached hydrogens (tertiary/aromatic N) is 5. The van der Waals surface area contributed by atoms with Crippen LogP contribution in [0.25, 0.3) is 0 Å². The van der Waals surface area contributed by atoms with Gasteiger partial charge in [-0.15, -0.1) is 16.8 Å². The topological polar surface area (TPSA) is 84.0 Å². The smallest absolute Gasteiger partial charge is 0.237 e. The molecule has 0 saturated carbocycles. The van der Waals surface area contributed by atoms with Gasteiger partial charge in [-0.3, -0.25) is 9.36 Å². The first-order valence-corrected chi connectivity index (χ1v) is 11.2. The van der Waals surface area contributed by atoms with Crippen LogP contribution in [0.4, 0.5) is 5.69 Å². The number of carbonyl (C=O) groups is 1. The fourth-order valence-electron chi connectivity index (χ4n) is 3.07. The maximum atomic E-state index is 12.9. The molecule has 0 fully saturated rings. The molecule has 0 N–H and O–H groups in total. The monoisotopic (exact) mass is 447 g/mol. The molecule has 8 heteroatoms. The van der Waals surface area contributed by atoms with Gasteiger partial charge in [0.15, 0.2) is 11.0 Å². The molecule has 1 aromatic heterocycles. The molecule has 3 aromatic rings. The fraction of sp³-hybridized carbons (Fsp3) is 0.250. The van der Waals surface area contributed by atoms with Crippen LogP contribution in [0.3, 0.4) is 0 Å². The van der Waals surface area contributed by atoms with E-state index in [1.54, 1.807) is 11.0 Å². The molecule has 0 saturated heterocycles. The lowest BCUT2D eigenvalue weighted by Gasteiger charge is -2.21. The van der Waals surface area contributed by atoms with Gasteiger partial charge in [0.25, 0.3) is 0 Å². The van der Waals surface area contributed by atoms with Crippen molar-refractivity contribution in [3.05, 3.63) is 78.6 Å². The predicted octanol–water partition coefficient (Wildman–Crippen LogP) is 4.39. The number of hydrogen-bond acceptors (Lipinski definition) is 6. The Balaban J connectivity index is 1.68. The largest absolute Gasteiger partial charge is 0.486 e. The van der Waals surface area contributed by atoms with Gasteiger partial charge in [-0.2, -0.15) is 5.26 Å². The van der Waals surface area contributed by atoms with Crippen LogP contribution in [-0.4, -0.2) is 33.0 Å². The third kappa shape index (κ3) is 6.22. The molecular formula is C24H25N5O2S. The van der Waals surface area contributed by atoms with Crippen molar-refractivity contribution in [2.75, 3.05) is 17.2 Å². The number of amides is 1. The summed E-state index contributed by atoms with van der Waals surface area (Å²) < 4.78 is 7.76. The van der Waals surface area contributed by atoms with E-state index in [-0.39, 0.29) is 24.7 Å². The van der Waals surface area contributed by atoms with Crippen molar-refractivity contribution in [3.63, 3.8) is 0 Å². The number of aromatic nitrogens is 3. The summed E-state index contributed by atoms with van der Waals surface area (Å²) in [7, 11) is 0. The second-order valence-electron chi connectivity index (χ2n) is 6.98. The van der Waals surface area contributed by atoms with Crippen molar-refractivity contribution >= 4 is 23.4 Å². The highest BCUT2D eigenvalue weighted by molar-refractivity contribution is 7.99. The van der Waals surface area contributed by atoms with E-state index in [2.05, 4.69) is 22.8 Å². The van der Waals surface area contributed by atoms with Gasteiger partial charge >= 0.3 is 0 Å². The van der Waals surface area contributed by atoms with Crippen LogP contribution in [0.15, 0.2) is 72.4 Å². The van der Waals surface area contributed by atoms with Crippen LogP contribution >= 0.6 is 11.8 Å². The molecule has 1 heterocycles. The van der Waals surface area contributed by atoms with E-state index in [1.165, 1.54) is 11.8 Å². The third-order valence-electron chi connectivity index (χ3n) is 4.60. The highest BCUT2D eigenvalue weighted by atomic mass is 32.2. The average molecular weight is 448 g/mol. The highest BCUT2D eigenvalue weighted by Crippen LogP contribution is 2.22. The van der Waals surface area contributed by atoms with Gasteiger partial charge in [0.05, 0.1) is 18.2 Å². The summed E-state index contributed by atoms with van der Waals surface area (Å²) in [5, 5.41) is 18.1. The molecule has 0 aliphatic carbocycles. The molecule has 0 atom stereocenters. The van der Waals surface area contributed by atoms with E-state index in [4.69, 9.17) is 10.00 Å². The Labute approximate surface area is 192 Å². The number of allylic oxidation sites excluding steroid dienone is 1. The number of anilines is 1. The van der Waals surface area contributed by atoms with Crippen LogP contribution in [-0.2, 0) is 17.9 Å². The number of ether oxygens (including phenoxy) is 1. The molecule has 164 valence electrons. The molecule has 2 aromatic carbocycles. The van der Waals surface area contributed by atoms with Crippen molar-refractivity contribution in [2.45, 2.75) is 31.7 Å². The van der Waals surface area contributed by atoms with Crippen molar-refractivity contribution in [3.8, 4) is 11.8 Å². The number of aryl methyl sites for hydroxylation is 1. The summed E-state index contributed by atoms with van der Waals surface area (Å²) in [6, 6.07) is 19.3. The molecule has 0 aliphatic rings. The summed E-state index contributed by atoms with van der Waals surface area (Å²) >= 11 is 1.31. The second kappa shape index (κ2) is 11.7. The standard InChI is InChI=1S/C24H25N5O2S/c1-3-14-29-22(17-31-21-12-7-9-19(2)16-21)26-27-24(29)32-18-23(30)28(15-8-13-25)20-10-5-4-6-11-20/h3-7,9-12,16H,1,8,14-15,17-18H2,2H3. The van der Waals surface area contributed by atoms with Crippen molar-refractivity contribution < 1.29 is 9.53 Å². The minimum atomic E-state index is -0.0952.